The van der Waals surface area contributed by atoms with Crippen molar-refractivity contribution < 1.29 is 14.3 Å². The zero-order valence-corrected chi connectivity index (χ0v) is 14.8. The monoisotopic (exact) mass is 343 g/mol. The SMILES string of the molecule is COc1cccc(SCC(=O)N2CCCc3cccc(OC)c32)c1. The lowest BCUT2D eigenvalue weighted by Gasteiger charge is -2.30. The van der Waals surface area contributed by atoms with E-state index >= 15 is 0 Å². The van der Waals surface area contributed by atoms with Crippen molar-refractivity contribution in [2.24, 2.45) is 0 Å². The van der Waals surface area contributed by atoms with Gasteiger partial charge < -0.3 is 14.4 Å². The summed E-state index contributed by atoms with van der Waals surface area (Å²) in [6, 6.07) is 13.7. The summed E-state index contributed by atoms with van der Waals surface area (Å²) in [5.74, 6) is 2.07. The van der Waals surface area contributed by atoms with Crippen molar-refractivity contribution in [1.29, 1.82) is 0 Å². The number of anilines is 1. The molecule has 4 nitrogen and oxygen atoms in total. The second kappa shape index (κ2) is 7.62. The van der Waals surface area contributed by atoms with Crippen LogP contribution in [0.1, 0.15) is 12.0 Å². The number of thioether (sulfide) groups is 1. The van der Waals surface area contributed by atoms with E-state index in [0.717, 1.165) is 41.5 Å². The fourth-order valence-corrected chi connectivity index (χ4v) is 3.76. The van der Waals surface area contributed by atoms with Gasteiger partial charge in [0.05, 0.1) is 25.7 Å². The van der Waals surface area contributed by atoms with Crippen LogP contribution in [0.4, 0.5) is 5.69 Å². The highest BCUT2D eigenvalue weighted by atomic mass is 32.2. The van der Waals surface area contributed by atoms with Gasteiger partial charge in [0.1, 0.15) is 11.5 Å². The molecule has 24 heavy (non-hydrogen) atoms. The molecule has 0 spiro atoms. The van der Waals surface area contributed by atoms with Gasteiger partial charge in [-0.15, -0.1) is 11.8 Å². The Hall–Kier alpha value is -2.14. The van der Waals surface area contributed by atoms with Gasteiger partial charge in [0.25, 0.3) is 0 Å². The van der Waals surface area contributed by atoms with E-state index < -0.39 is 0 Å². The summed E-state index contributed by atoms with van der Waals surface area (Å²) in [4.78, 5) is 15.7. The average Bonchev–Trinajstić information content (AvgIpc) is 2.65. The Balaban J connectivity index is 1.75. The van der Waals surface area contributed by atoms with Crippen molar-refractivity contribution in [3.63, 3.8) is 0 Å². The molecule has 5 heteroatoms. The topological polar surface area (TPSA) is 38.8 Å². The lowest BCUT2D eigenvalue weighted by atomic mass is 10.0. The molecule has 2 aromatic carbocycles. The largest absolute Gasteiger partial charge is 0.497 e. The number of methoxy groups -OCH3 is 2. The summed E-state index contributed by atoms with van der Waals surface area (Å²) in [5, 5.41) is 0. The molecule has 0 aliphatic carbocycles. The predicted octanol–water partition coefficient (Wildman–Crippen LogP) is 3.78. The highest BCUT2D eigenvalue weighted by molar-refractivity contribution is 8.00. The Labute approximate surface area is 146 Å². The molecule has 126 valence electrons. The Kier molecular flexibility index (Phi) is 5.30. The number of fused-ring (bicyclic) bond motifs is 1. The second-order valence-electron chi connectivity index (χ2n) is 5.58. The molecule has 0 atom stereocenters. The summed E-state index contributed by atoms with van der Waals surface area (Å²) in [7, 11) is 3.30. The number of hydrogen-bond acceptors (Lipinski definition) is 4. The Bertz CT molecular complexity index is 718. The van der Waals surface area contributed by atoms with E-state index in [2.05, 4.69) is 6.07 Å². The first-order valence-corrected chi connectivity index (χ1v) is 8.94. The number of benzene rings is 2. The first-order valence-electron chi connectivity index (χ1n) is 7.96. The maximum absolute atomic E-state index is 12.8. The molecule has 0 N–H and O–H groups in total. The van der Waals surface area contributed by atoms with E-state index in [-0.39, 0.29) is 5.91 Å². The molecule has 1 heterocycles. The summed E-state index contributed by atoms with van der Waals surface area (Å²) in [5.41, 5.74) is 2.11. The molecule has 0 bridgehead atoms. The fourth-order valence-electron chi connectivity index (χ4n) is 2.94. The van der Waals surface area contributed by atoms with Crippen LogP contribution in [0.25, 0.3) is 0 Å². The van der Waals surface area contributed by atoms with Crippen LogP contribution in [-0.4, -0.2) is 32.4 Å². The number of hydrogen-bond donors (Lipinski definition) is 0. The molecule has 0 fully saturated rings. The van der Waals surface area contributed by atoms with Gasteiger partial charge in [-0.25, -0.2) is 0 Å². The van der Waals surface area contributed by atoms with E-state index in [9.17, 15) is 4.79 Å². The van der Waals surface area contributed by atoms with E-state index in [4.69, 9.17) is 9.47 Å². The lowest BCUT2D eigenvalue weighted by Crippen LogP contribution is -2.37. The van der Waals surface area contributed by atoms with Crippen LogP contribution in [0.2, 0.25) is 0 Å². The minimum Gasteiger partial charge on any atom is -0.497 e. The van der Waals surface area contributed by atoms with E-state index in [1.165, 1.54) is 17.3 Å². The highest BCUT2D eigenvalue weighted by Crippen LogP contribution is 2.36. The molecular weight excluding hydrogens is 322 g/mol. The molecule has 0 radical (unpaired) electrons. The maximum atomic E-state index is 12.8. The number of aryl methyl sites for hydroxylation is 1. The third-order valence-electron chi connectivity index (χ3n) is 4.10. The summed E-state index contributed by atoms with van der Waals surface area (Å²) in [6.45, 7) is 0.741. The van der Waals surface area contributed by atoms with Gasteiger partial charge in [0, 0.05) is 11.4 Å². The van der Waals surface area contributed by atoms with Crippen molar-refractivity contribution in [1.82, 2.24) is 0 Å². The summed E-state index contributed by atoms with van der Waals surface area (Å²) >= 11 is 1.53. The Morgan fingerprint density at radius 2 is 2.00 bits per heavy atom. The van der Waals surface area contributed by atoms with Crippen molar-refractivity contribution in [3.05, 3.63) is 48.0 Å². The molecule has 1 aliphatic rings. The highest BCUT2D eigenvalue weighted by Gasteiger charge is 2.25. The minimum atomic E-state index is 0.105. The molecule has 0 unspecified atom stereocenters. The zero-order chi connectivity index (χ0) is 16.9. The minimum absolute atomic E-state index is 0.105. The van der Waals surface area contributed by atoms with Crippen LogP contribution in [-0.2, 0) is 11.2 Å². The molecular formula is C19H21NO3S. The quantitative estimate of drug-likeness (QED) is 0.775. The van der Waals surface area contributed by atoms with Gasteiger partial charge in [0.15, 0.2) is 0 Å². The number of para-hydroxylation sites is 1. The Morgan fingerprint density at radius 1 is 1.17 bits per heavy atom. The third kappa shape index (κ3) is 3.51. The Morgan fingerprint density at radius 3 is 2.79 bits per heavy atom. The van der Waals surface area contributed by atoms with Crippen LogP contribution in [0, 0.1) is 0 Å². The van der Waals surface area contributed by atoms with E-state index in [1.54, 1.807) is 14.2 Å². The van der Waals surface area contributed by atoms with Gasteiger partial charge in [-0.1, -0.05) is 18.2 Å². The molecule has 0 saturated carbocycles. The number of carbonyl (C=O) groups excluding carboxylic acids is 1. The standard InChI is InChI=1S/C19H21NO3S/c1-22-15-8-4-9-16(12-15)24-13-18(21)20-11-5-7-14-6-3-10-17(23-2)19(14)20/h3-4,6,8-10,12H,5,7,11,13H2,1-2H3. The van der Waals surface area contributed by atoms with Crippen LogP contribution in [0.15, 0.2) is 47.4 Å². The number of ether oxygens (including phenoxy) is 2. The summed E-state index contributed by atoms with van der Waals surface area (Å²) in [6.07, 6.45) is 1.97. The van der Waals surface area contributed by atoms with Crippen LogP contribution in [0.5, 0.6) is 11.5 Å². The number of nitrogens with zero attached hydrogens (tertiary/aromatic N) is 1. The normalized spacial score (nSPS) is 13.3. The molecule has 0 saturated heterocycles. The fraction of sp³-hybridized carbons (Fsp3) is 0.316. The molecule has 0 aromatic heterocycles. The van der Waals surface area contributed by atoms with Crippen molar-refractivity contribution >= 4 is 23.4 Å². The van der Waals surface area contributed by atoms with Crippen LogP contribution in [0.3, 0.4) is 0 Å². The number of carbonyl (C=O) groups is 1. The van der Waals surface area contributed by atoms with E-state index in [0.29, 0.717) is 5.75 Å². The van der Waals surface area contributed by atoms with E-state index in [1.807, 2.05) is 41.3 Å². The third-order valence-corrected chi connectivity index (χ3v) is 5.08. The first-order chi connectivity index (χ1) is 11.7. The van der Waals surface area contributed by atoms with Crippen molar-refractivity contribution in [3.8, 4) is 11.5 Å². The van der Waals surface area contributed by atoms with Crippen molar-refractivity contribution in [2.75, 3.05) is 31.4 Å². The number of amides is 1. The summed E-state index contributed by atoms with van der Waals surface area (Å²) < 4.78 is 10.7. The van der Waals surface area contributed by atoms with Gasteiger partial charge in [-0.05, 0) is 42.7 Å². The van der Waals surface area contributed by atoms with Gasteiger partial charge in [0.2, 0.25) is 5.91 Å². The van der Waals surface area contributed by atoms with Gasteiger partial charge >= 0.3 is 0 Å². The average molecular weight is 343 g/mol. The smallest absolute Gasteiger partial charge is 0.237 e. The lowest BCUT2D eigenvalue weighted by molar-refractivity contribution is -0.116. The van der Waals surface area contributed by atoms with Gasteiger partial charge in [-0.3, -0.25) is 4.79 Å². The molecule has 1 amide bonds. The second-order valence-corrected chi connectivity index (χ2v) is 6.63. The molecule has 3 rings (SSSR count). The van der Waals surface area contributed by atoms with Crippen LogP contribution >= 0.6 is 11.8 Å². The van der Waals surface area contributed by atoms with Gasteiger partial charge in [-0.2, -0.15) is 0 Å². The van der Waals surface area contributed by atoms with Crippen LogP contribution < -0.4 is 14.4 Å². The molecule has 2 aromatic rings. The number of rotatable bonds is 5. The molecule has 1 aliphatic heterocycles. The van der Waals surface area contributed by atoms with Crippen molar-refractivity contribution in [2.45, 2.75) is 17.7 Å². The zero-order valence-electron chi connectivity index (χ0n) is 14.0. The predicted molar refractivity (Wildman–Crippen MR) is 97.4 cm³/mol. The maximum Gasteiger partial charge on any atom is 0.237 e. The first kappa shape index (κ1) is 16.7.